The van der Waals surface area contributed by atoms with Crippen molar-refractivity contribution in [3.05, 3.63) is 89.1 Å². The topological polar surface area (TPSA) is 123 Å². The van der Waals surface area contributed by atoms with Gasteiger partial charge in [-0.1, -0.05) is 23.7 Å². The molecule has 3 aromatic heterocycles. The van der Waals surface area contributed by atoms with Gasteiger partial charge in [0.05, 0.1) is 11.3 Å². The third kappa shape index (κ3) is 3.79. The monoisotopic (exact) mass is 507 g/mol. The fourth-order valence-electron chi connectivity index (χ4n) is 4.80. The summed E-state index contributed by atoms with van der Waals surface area (Å²) in [7, 11) is 0. The number of fused-ring (bicyclic) bond motifs is 2. The number of ether oxygens (including phenoxy) is 4. The molecule has 1 aromatic carbocycles. The van der Waals surface area contributed by atoms with E-state index in [0.717, 1.165) is 5.56 Å². The van der Waals surface area contributed by atoms with Crippen molar-refractivity contribution in [3.63, 3.8) is 0 Å². The maximum atomic E-state index is 12.6. The number of hydrogen-bond donors (Lipinski definition) is 1. The molecule has 2 saturated heterocycles. The fourth-order valence-corrected chi connectivity index (χ4v) is 4.92. The number of anilines is 1. The average molecular weight is 508 g/mol. The molecule has 0 aliphatic carbocycles. The molecule has 2 aliphatic rings. The van der Waals surface area contributed by atoms with Gasteiger partial charge in [0.15, 0.2) is 12.1 Å². The van der Waals surface area contributed by atoms with Gasteiger partial charge in [-0.15, -0.1) is 0 Å². The molecule has 2 aliphatic heterocycles. The Morgan fingerprint density at radius 1 is 1.19 bits per heavy atom. The molecule has 0 spiro atoms. The molecule has 0 saturated carbocycles. The van der Waals surface area contributed by atoms with Crippen molar-refractivity contribution in [1.82, 2.24) is 19.6 Å². The van der Waals surface area contributed by atoms with E-state index in [2.05, 4.69) is 15.1 Å². The summed E-state index contributed by atoms with van der Waals surface area (Å²) in [4.78, 5) is 20.6. The van der Waals surface area contributed by atoms with Gasteiger partial charge in [0.25, 0.3) is 0 Å². The molecule has 36 heavy (non-hydrogen) atoms. The number of carbonyl (C=O) groups is 1. The van der Waals surface area contributed by atoms with E-state index in [-0.39, 0.29) is 6.61 Å². The minimum absolute atomic E-state index is 0.0401. The van der Waals surface area contributed by atoms with Crippen molar-refractivity contribution in [2.24, 2.45) is 0 Å². The lowest BCUT2D eigenvalue weighted by atomic mass is 9.91. The van der Waals surface area contributed by atoms with Gasteiger partial charge in [0, 0.05) is 23.0 Å². The summed E-state index contributed by atoms with van der Waals surface area (Å²) in [6, 6.07) is 14.3. The minimum Gasteiger partial charge on any atom is -0.459 e. The second-order valence-electron chi connectivity index (χ2n) is 8.84. The summed E-state index contributed by atoms with van der Waals surface area (Å²) in [5.74, 6) is -0.154. The molecule has 5 heterocycles. The standard InChI is InChI=1S/C25H22ClN5O5/c1-25-20(17-8-9-18-22(27)29-13-30-31(17)18)34-19(12-33-23(32)15-3-2-10-28-11-15)21(25)35-24(36-25)14-4-6-16(26)7-5-14/h2-11,13,19-21,24H,12H2,1H3,(H2,27,29,30)/t19-,20+,21-,24?,25+/m1/s1. The zero-order valence-corrected chi connectivity index (χ0v) is 19.9. The molecule has 0 amide bonds. The van der Waals surface area contributed by atoms with Crippen LogP contribution in [-0.2, 0) is 18.9 Å². The van der Waals surface area contributed by atoms with Crippen LogP contribution in [0.25, 0.3) is 5.52 Å². The number of nitrogens with two attached hydrogens (primary N) is 1. The fraction of sp³-hybridized carbons (Fsp3) is 0.280. The summed E-state index contributed by atoms with van der Waals surface area (Å²) < 4.78 is 26.6. The van der Waals surface area contributed by atoms with Crippen LogP contribution in [0.2, 0.25) is 5.02 Å². The van der Waals surface area contributed by atoms with Gasteiger partial charge < -0.3 is 24.7 Å². The first-order valence-corrected chi connectivity index (χ1v) is 11.7. The van der Waals surface area contributed by atoms with Gasteiger partial charge in [-0.2, -0.15) is 5.10 Å². The number of carbonyl (C=O) groups excluding carboxylic acids is 1. The number of nitrogen functional groups attached to an aromatic ring is 1. The Kier molecular flexibility index (Phi) is 5.60. The van der Waals surface area contributed by atoms with Gasteiger partial charge in [-0.05, 0) is 43.3 Å². The highest BCUT2D eigenvalue weighted by Crippen LogP contribution is 2.53. The number of aromatic nitrogens is 4. The van der Waals surface area contributed by atoms with Crippen molar-refractivity contribution in [3.8, 4) is 0 Å². The van der Waals surface area contributed by atoms with E-state index in [9.17, 15) is 4.79 Å². The largest absolute Gasteiger partial charge is 0.459 e. The van der Waals surface area contributed by atoms with Gasteiger partial charge in [0.1, 0.15) is 42.4 Å². The predicted molar refractivity (Wildman–Crippen MR) is 128 cm³/mol. The number of esters is 1. The lowest BCUT2D eigenvalue weighted by molar-refractivity contribution is -0.158. The van der Waals surface area contributed by atoms with E-state index in [0.29, 0.717) is 27.6 Å². The summed E-state index contributed by atoms with van der Waals surface area (Å²) in [5.41, 5.74) is 7.64. The van der Waals surface area contributed by atoms with Crippen molar-refractivity contribution in [2.45, 2.75) is 37.1 Å². The third-order valence-electron chi connectivity index (χ3n) is 6.56. The number of pyridine rings is 1. The minimum atomic E-state index is -0.927. The molecular weight excluding hydrogens is 486 g/mol. The quantitative estimate of drug-likeness (QED) is 0.404. The summed E-state index contributed by atoms with van der Waals surface area (Å²) >= 11 is 6.07. The Hall–Kier alpha value is -3.57. The molecule has 2 N–H and O–H groups in total. The van der Waals surface area contributed by atoms with Crippen LogP contribution in [0.3, 0.4) is 0 Å². The highest BCUT2D eigenvalue weighted by atomic mass is 35.5. The number of nitrogens with zero attached hydrogens (tertiary/aromatic N) is 4. The molecule has 2 fully saturated rings. The Labute approximate surface area is 210 Å². The first kappa shape index (κ1) is 22.9. The highest BCUT2D eigenvalue weighted by molar-refractivity contribution is 6.30. The number of halogens is 1. The normalized spacial score (nSPS) is 27.3. The van der Waals surface area contributed by atoms with Crippen molar-refractivity contribution < 1.29 is 23.7 Å². The SMILES string of the molecule is C[C@@]12OC(c3ccc(Cl)cc3)O[C@@H]1[C@@H](COC(=O)c1cccnc1)O[C@H]2c1ccc2c(N)ncnn12. The Bertz CT molecular complexity index is 1420. The Morgan fingerprint density at radius 3 is 2.81 bits per heavy atom. The maximum Gasteiger partial charge on any atom is 0.339 e. The van der Waals surface area contributed by atoms with Crippen LogP contribution in [0.1, 0.15) is 40.9 Å². The number of hydrogen-bond acceptors (Lipinski definition) is 9. The van der Waals surface area contributed by atoms with Crippen LogP contribution in [0.4, 0.5) is 5.82 Å². The van der Waals surface area contributed by atoms with Crippen molar-refractivity contribution in [1.29, 1.82) is 0 Å². The van der Waals surface area contributed by atoms with E-state index in [1.807, 2.05) is 31.2 Å². The van der Waals surface area contributed by atoms with E-state index in [1.54, 1.807) is 35.0 Å². The van der Waals surface area contributed by atoms with E-state index >= 15 is 0 Å². The third-order valence-corrected chi connectivity index (χ3v) is 6.82. The second-order valence-corrected chi connectivity index (χ2v) is 9.27. The smallest absolute Gasteiger partial charge is 0.339 e. The zero-order valence-electron chi connectivity index (χ0n) is 19.2. The predicted octanol–water partition coefficient (Wildman–Crippen LogP) is 3.53. The summed E-state index contributed by atoms with van der Waals surface area (Å²) in [6.45, 7) is 1.88. The molecule has 184 valence electrons. The first-order valence-electron chi connectivity index (χ1n) is 11.3. The highest BCUT2D eigenvalue weighted by Gasteiger charge is 2.62. The molecule has 6 rings (SSSR count). The van der Waals surface area contributed by atoms with E-state index < -0.39 is 36.2 Å². The van der Waals surface area contributed by atoms with Gasteiger partial charge in [-0.25, -0.2) is 14.3 Å². The molecule has 10 nitrogen and oxygen atoms in total. The van der Waals surface area contributed by atoms with Gasteiger partial charge in [-0.3, -0.25) is 4.98 Å². The Balaban J connectivity index is 1.32. The lowest BCUT2D eigenvalue weighted by Crippen LogP contribution is -2.41. The first-order chi connectivity index (χ1) is 17.4. The van der Waals surface area contributed by atoms with Crippen LogP contribution < -0.4 is 5.73 Å². The van der Waals surface area contributed by atoms with E-state index in [1.165, 1.54) is 12.5 Å². The number of benzene rings is 1. The van der Waals surface area contributed by atoms with Crippen LogP contribution in [0, 0.1) is 0 Å². The Morgan fingerprint density at radius 2 is 2.03 bits per heavy atom. The van der Waals surface area contributed by atoms with Crippen molar-refractivity contribution in [2.75, 3.05) is 12.3 Å². The van der Waals surface area contributed by atoms with Crippen LogP contribution in [0.15, 0.2) is 67.3 Å². The van der Waals surface area contributed by atoms with Gasteiger partial charge in [0.2, 0.25) is 0 Å². The van der Waals surface area contributed by atoms with Crippen LogP contribution in [-0.4, -0.2) is 50.0 Å². The lowest BCUT2D eigenvalue weighted by Gasteiger charge is -2.27. The van der Waals surface area contributed by atoms with Crippen LogP contribution in [0.5, 0.6) is 0 Å². The van der Waals surface area contributed by atoms with E-state index in [4.69, 9.17) is 36.3 Å². The second kappa shape index (κ2) is 8.82. The van der Waals surface area contributed by atoms with Crippen molar-refractivity contribution >= 4 is 28.9 Å². The summed E-state index contributed by atoms with van der Waals surface area (Å²) in [6.07, 6.45) is 2.01. The molecule has 5 atom stereocenters. The molecule has 4 aromatic rings. The summed E-state index contributed by atoms with van der Waals surface area (Å²) in [5, 5.41) is 4.97. The molecule has 1 unspecified atom stereocenters. The zero-order chi connectivity index (χ0) is 24.9. The molecule has 0 radical (unpaired) electrons. The molecule has 0 bridgehead atoms. The average Bonchev–Trinajstić information content (AvgIpc) is 3.54. The maximum absolute atomic E-state index is 12.6. The van der Waals surface area contributed by atoms with Crippen LogP contribution >= 0.6 is 11.6 Å². The van der Waals surface area contributed by atoms with Gasteiger partial charge >= 0.3 is 5.97 Å². The number of rotatable bonds is 5. The molecule has 11 heteroatoms. The molecular formula is C25H22ClN5O5.